The molecule has 0 spiro atoms. The first-order valence-electron chi connectivity index (χ1n) is 7.51. The van der Waals surface area contributed by atoms with Crippen LogP contribution in [0, 0.1) is 0 Å². The standard InChI is InChI=1S/C16H22F3NO/c1-2-20-14(8-5-10-16(17,18)19)15-13-7-4-3-6-12(13)9-11-21-15/h3-4,6-7,14-15,20H,2,5,8-11H2,1H3. The van der Waals surface area contributed by atoms with Gasteiger partial charge in [-0.3, -0.25) is 0 Å². The highest BCUT2D eigenvalue weighted by atomic mass is 19.4. The first-order valence-corrected chi connectivity index (χ1v) is 7.51. The molecule has 0 fully saturated rings. The Bertz CT molecular complexity index is 447. The quantitative estimate of drug-likeness (QED) is 0.857. The van der Waals surface area contributed by atoms with E-state index in [9.17, 15) is 13.2 Å². The van der Waals surface area contributed by atoms with Gasteiger partial charge in [-0.1, -0.05) is 31.2 Å². The van der Waals surface area contributed by atoms with Crippen LogP contribution in [-0.2, 0) is 11.2 Å². The van der Waals surface area contributed by atoms with Crippen LogP contribution in [0.1, 0.15) is 43.4 Å². The van der Waals surface area contributed by atoms with Gasteiger partial charge in [0, 0.05) is 12.5 Å². The largest absolute Gasteiger partial charge is 0.389 e. The third kappa shape index (κ3) is 4.71. The van der Waals surface area contributed by atoms with Gasteiger partial charge in [-0.15, -0.1) is 0 Å². The fourth-order valence-electron chi connectivity index (χ4n) is 2.90. The Hall–Kier alpha value is -1.07. The summed E-state index contributed by atoms with van der Waals surface area (Å²) in [5, 5.41) is 3.29. The van der Waals surface area contributed by atoms with Crippen molar-refractivity contribution in [3.63, 3.8) is 0 Å². The van der Waals surface area contributed by atoms with Gasteiger partial charge in [-0.2, -0.15) is 13.2 Å². The van der Waals surface area contributed by atoms with Gasteiger partial charge < -0.3 is 10.1 Å². The lowest BCUT2D eigenvalue weighted by atomic mass is 9.91. The summed E-state index contributed by atoms with van der Waals surface area (Å²) in [5.74, 6) is 0. The van der Waals surface area contributed by atoms with Crippen molar-refractivity contribution in [2.45, 2.75) is 50.9 Å². The van der Waals surface area contributed by atoms with Crippen LogP contribution in [0.25, 0.3) is 0 Å². The monoisotopic (exact) mass is 301 g/mol. The van der Waals surface area contributed by atoms with Crippen molar-refractivity contribution in [3.05, 3.63) is 35.4 Å². The third-order valence-corrected chi connectivity index (χ3v) is 3.84. The van der Waals surface area contributed by atoms with Crippen molar-refractivity contribution in [1.29, 1.82) is 0 Å². The molecule has 1 aliphatic heterocycles. The maximum absolute atomic E-state index is 12.3. The number of hydrogen-bond donors (Lipinski definition) is 1. The number of fused-ring (bicyclic) bond motifs is 1. The molecule has 1 heterocycles. The summed E-state index contributed by atoms with van der Waals surface area (Å²) in [6.07, 6.45) is -3.50. The predicted molar refractivity (Wildman–Crippen MR) is 76.2 cm³/mol. The topological polar surface area (TPSA) is 21.3 Å². The Labute approximate surface area is 123 Å². The highest BCUT2D eigenvalue weighted by Gasteiger charge is 2.31. The Morgan fingerprint density at radius 3 is 2.81 bits per heavy atom. The number of alkyl halides is 3. The van der Waals surface area contributed by atoms with Crippen molar-refractivity contribution < 1.29 is 17.9 Å². The van der Waals surface area contributed by atoms with Crippen molar-refractivity contribution in [3.8, 4) is 0 Å². The predicted octanol–water partition coefficient (Wildman–Crippen LogP) is 4.01. The summed E-state index contributed by atoms with van der Waals surface area (Å²) in [7, 11) is 0. The maximum atomic E-state index is 12.3. The summed E-state index contributed by atoms with van der Waals surface area (Å²) in [6, 6.07) is 7.97. The zero-order chi connectivity index (χ0) is 15.3. The molecule has 1 aliphatic rings. The first kappa shape index (κ1) is 16.3. The minimum atomic E-state index is -4.08. The van der Waals surface area contributed by atoms with Crippen molar-refractivity contribution in [1.82, 2.24) is 5.32 Å². The van der Waals surface area contributed by atoms with Gasteiger partial charge >= 0.3 is 6.18 Å². The van der Waals surface area contributed by atoms with Crippen LogP contribution < -0.4 is 5.32 Å². The van der Waals surface area contributed by atoms with Gasteiger partial charge in [0.25, 0.3) is 0 Å². The molecule has 21 heavy (non-hydrogen) atoms. The molecule has 0 amide bonds. The molecule has 2 nitrogen and oxygen atoms in total. The number of benzene rings is 1. The first-order chi connectivity index (χ1) is 10.0. The van der Waals surface area contributed by atoms with Crippen molar-refractivity contribution in [2.75, 3.05) is 13.2 Å². The number of halogens is 3. The smallest absolute Gasteiger partial charge is 0.372 e. The SMILES string of the molecule is CCNC(CCCC(F)(F)F)C1OCCc2ccccc21. The van der Waals surface area contributed by atoms with Crippen LogP contribution in [0.4, 0.5) is 13.2 Å². The van der Waals surface area contributed by atoms with Gasteiger partial charge in [0.05, 0.1) is 12.7 Å². The molecule has 1 N–H and O–H groups in total. The zero-order valence-electron chi connectivity index (χ0n) is 12.2. The van der Waals surface area contributed by atoms with E-state index < -0.39 is 12.6 Å². The van der Waals surface area contributed by atoms with Gasteiger partial charge in [-0.05, 0) is 36.9 Å². The average molecular weight is 301 g/mol. The fraction of sp³-hybridized carbons (Fsp3) is 0.625. The molecule has 2 atom stereocenters. The Kier molecular flexibility index (Phi) is 5.65. The number of hydrogen-bond acceptors (Lipinski definition) is 2. The molecule has 1 aromatic rings. The van der Waals surface area contributed by atoms with Crippen LogP contribution in [-0.4, -0.2) is 25.4 Å². The molecule has 0 saturated heterocycles. The van der Waals surface area contributed by atoms with Crippen LogP contribution >= 0.6 is 0 Å². The van der Waals surface area contributed by atoms with E-state index in [1.54, 1.807) is 0 Å². The molecule has 0 aliphatic carbocycles. The van der Waals surface area contributed by atoms with Gasteiger partial charge in [-0.25, -0.2) is 0 Å². The number of likely N-dealkylation sites (N-methyl/N-ethyl adjacent to an activating group) is 1. The van der Waals surface area contributed by atoms with E-state index in [2.05, 4.69) is 11.4 Å². The summed E-state index contributed by atoms with van der Waals surface area (Å²) >= 11 is 0. The lowest BCUT2D eigenvalue weighted by Gasteiger charge is -2.33. The maximum Gasteiger partial charge on any atom is 0.389 e. The normalized spacial score (nSPS) is 20.1. The zero-order valence-corrected chi connectivity index (χ0v) is 12.2. The molecular weight excluding hydrogens is 279 g/mol. The average Bonchev–Trinajstić information content (AvgIpc) is 2.44. The lowest BCUT2D eigenvalue weighted by Crippen LogP contribution is -2.38. The number of ether oxygens (including phenoxy) is 1. The van der Waals surface area contributed by atoms with E-state index in [4.69, 9.17) is 4.74 Å². The van der Waals surface area contributed by atoms with Crippen molar-refractivity contribution >= 4 is 0 Å². The molecular formula is C16H22F3NO. The molecule has 5 heteroatoms. The van der Waals surface area contributed by atoms with E-state index in [1.807, 2.05) is 25.1 Å². The number of rotatable bonds is 6. The van der Waals surface area contributed by atoms with Crippen LogP contribution in [0.3, 0.4) is 0 Å². The van der Waals surface area contributed by atoms with Crippen molar-refractivity contribution in [2.24, 2.45) is 0 Å². The Balaban J connectivity index is 2.05. The van der Waals surface area contributed by atoms with E-state index in [0.717, 1.165) is 18.5 Å². The van der Waals surface area contributed by atoms with Crippen LogP contribution in [0.5, 0.6) is 0 Å². The summed E-state index contributed by atoms with van der Waals surface area (Å²) in [4.78, 5) is 0. The Morgan fingerprint density at radius 1 is 1.33 bits per heavy atom. The van der Waals surface area contributed by atoms with E-state index >= 15 is 0 Å². The molecule has 0 radical (unpaired) electrons. The third-order valence-electron chi connectivity index (χ3n) is 3.84. The lowest BCUT2D eigenvalue weighted by molar-refractivity contribution is -0.136. The summed E-state index contributed by atoms with van der Waals surface area (Å²) < 4.78 is 42.8. The summed E-state index contributed by atoms with van der Waals surface area (Å²) in [5.41, 5.74) is 2.36. The second kappa shape index (κ2) is 7.27. The molecule has 118 valence electrons. The molecule has 0 saturated carbocycles. The second-order valence-corrected chi connectivity index (χ2v) is 5.41. The minimum absolute atomic E-state index is 0.0706. The molecule has 1 aromatic carbocycles. The van der Waals surface area contributed by atoms with Crippen LogP contribution in [0.15, 0.2) is 24.3 Å². The Morgan fingerprint density at radius 2 is 2.10 bits per heavy atom. The fourth-order valence-corrected chi connectivity index (χ4v) is 2.90. The molecule has 2 rings (SSSR count). The summed E-state index contributed by atoms with van der Waals surface area (Å²) in [6.45, 7) is 3.31. The van der Waals surface area contributed by atoms with Crippen LogP contribution in [0.2, 0.25) is 0 Å². The van der Waals surface area contributed by atoms with Gasteiger partial charge in [0.15, 0.2) is 0 Å². The number of nitrogens with one attached hydrogen (secondary N) is 1. The highest BCUT2D eigenvalue weighted by molar-refractivity contribution is 5.31. The molecule has 0 aromatic heterocycles. The van der Waals surface area contributed by atoms with E-state index in [-0.39, 0.29) is 18.6 Å². The highest BCUT2D eigenvalue weighted by Crippen LogP contribution is 2.32. The van der Waals surface area contributed by atoms with Gasteiger partial charge in [0.1, 0.15) is 0 Å². The van der Waals surface area contributed by atoms with E-state index in [0.29, 0.717) is 13.0 Å². The van der Waals surface area contributed by atoms with Gasteiger partial charge in [0.2, 0.25) is 0 Å². The second-order valence-electron chi connectivity index (χ2n) is 5.41. The molecule has 0 bridgehead atoms. The van der Waals surface area contributed by atoms with E-state index in [1.165, 1.54) is 5.56 Å². The molecule has 2 unspecified atom stereocenters. The minimum Gasteiger partial charge on any atom is -0.372 e.